The molecule has 0 atom stereocenters. The number of carbonyl (C=O) groups is 1. The Balaban J connectivity index is 1.83. The third kappa shape index (κ3) is 4.25. The van der Waals surface area contributed by atoms with Crippen molar-refractivity contribution in [1.82, 2.24) is 0 Å². The summed E-state index contributed by atoms with van der Waals surface area (Å²) >= 11 is 3.54. The molecule has 0 saturated heterocycles. The maximum absolute atomic E-state index is 13.4. The predicted octanol–water partition coefficient (Wildman–Crippen LogP) is 5.69. The average Bonchev–Trinajstić information content (AvgIpc) is 3.11. The van der Waals surface area contributed by atoms with Crippen LogP contribution in [0.4, 0.5) is 5.69 Å². The molecule has 5 nitrogen and oxygen atoms in total. The molecule has 3 aromatic rings. The van der Waals surface area contributed by atoms with Crippen LogP contribution in [-0.4, -0.2) is 25.3 Å². The van der Waals surface area contributed by atoms with E-state index in [1.165, 1.54) is 5.01 Å². The molecule has 0 bridgehead atoms. The number of para-hydroxylation sites is 1. The quantitative estimate of drug-likeness (QED) is 0.429. The molecule has 4 rings (SSSR count). The second-order valence-corrected chi connectivity index (χ2v) is 7.65. The van der Waals surface area contributed by atoms with Crippen molar-refractivity contribution in [1.29, 1.82) is 0 Å². The van der Waals surface area contributed by atoms with E-state index in [1.807, 2.05) is 85.8 Å². The van der Waals surface area contributed by atoms with E-state index in [2.05, 4.69) is 21.0 Å². The van der Waals surface area contributed by atoms with Gasteiger partial charge in [-0.05, 0) is 58.8 Å². The number of amides is 1. The second-order valence-electron chi connectivity index (χ2n) is 6.79. The topological polar surface area (TPSA) is 51.1 Å². The van der Waals surface area contributed by atoms with Gasteiger partial charge in [-0.3, -0.25) is 4.79 Å². The molecule has 0 aromatic heterocycles. The minimum Gasteiger partial charge on any atom is -0.492 e. The van der Waals surface area contributed by atoms with Gasteiger partial charge in [0.05, 0.1) is 29.4 Å². The third-order valence-corrected chi connectivity index (χ3v) is 5.36. The van der Waals surface area contributed by atoms with Gasteiger partial charge in [0.25, 0.3) is 5.91 Å². The summed E-state index contributed by atoms with van der Waals surface area (Å²) in [5, 5.41) is 6.11. The molecule has 6 heteroatoms. The highest BCUT2D eigenvalue weighted by Crippen LogP contribution is 2.38. The molecule has 0 spiro atoms. The lowest BCUT2D eigenvalue weighted by molar-refractivity contribution is -0.114. The number of benzene rings is 3. The van der Waals surface area contributed by atoms with E-state index in [4.69, 9.17) is 9.47 Å². The summed E-state index contributed by atoms with van der Waals surface area (Å²) in [5.41, 5.74) is 3.53. The van der Waals surface area contributed by atoms with E-state index in [0.717, 1.165) is 21.3 Å². The van der Waals surface area contributed by atoms with Crippen molar-refractivity contribution in [3.8, 4) is 11.5 Å². The summed E-state index contributed by atoms with van der Waals surface area (Å²) < 4.78 is 11.9. The van der Waals surface area contributed by atoms with Gasteiger partial charge in [0.15, 0.2) is 11.5 Å². The van der Waals surface area contributed by atoms with Crippen molar-refractivity contribution in [3.05, 3.63) is 94.0 Å². The van der Waals surface area contributed by atoms with Crippen LogP contribution >= 0.6 is 15.9 Å². The van der Waals surface area contributed by atoms with Crippen molar-refractivity contribution in [3.63, 3.8) is 0 Å². The molecule has 3 aromatic carbocycles. The number of rotatable bonds is 6. The van der Waals surface area contributed by atoms with Crippen molar-refractivity contribution < 1.29 is 14.3 Å². The molecule has 0 unspecified atom stereocenters. The summed E-state index contributed by atoms with van der Waals surface area (Å²) in [6.07, 6.45) is 1.84. The predicted molar refractivity (Wildman–Crippen MR) is 127 cm³/mol. The number of hydrogen-bond acceptors (Lipinski definition) is 4. The average molecular weight is 477 g/mol. The second kappa shape index (κ2) is 9.18. The van der Waals surface area contributed by atoms with Crippen LogP contribution in [0.5, 0.6) is 11.5 Å². The molecule has 31 heavy (non-hydrogen) atoms. The molecule has 156 valence electrons. The number of hydrazone groups is 1. The largest absolute Gasteiger partial charge is 0.492 e. The molecule has 1 amide bonds. The van der Waals surface area contributed by atoms with Gasteiger partial charge in [-0.25, -0.2) is 0 Å². The van der Waals surface area contributed by atoms with Gasteiger partial charge in [-0.2, -0.15) is 10.1 Å². The van der Waals surface area contributed by atoms with Crippen LogP contribution in [0.3, 0.4) is 0 Å². The normalized spacial score (nSPS) is 14.7. The SMILES string of the molecule is CCOc1cc(/C=C2\C(=O)N(c3ccccc3)N=C2c2ccccc2)cc(Br)c1OC. The van der Waals surface area contributed by atoms with Crippen molar-refractivity contribution in [2.75, 3.05) is 18.7 Å². The third-order valence-electron chi connectivity index (χ3n) is 4.77. The van der Waals surface area contributed by atoms with E-state index < -0.39 is 0 Å². The summed E-state index contributed by atoms with van der Waals surface area (Å²) in [5.74, 6) is 1.04. The fourth-order valence-electron chi connectivity index (χ4n) is 3.40. The van der Waals surface area contributed by atoms with E-state index in [1.54, 1.807) is 7.11 Å². The van der Waals surface area contributed by atoms with Gasteiger partial charge in [-0.1, -0.05) is 48.5 Å². The van der Waals surface area contributed by atoms with Gasteiger partial charge in [0.1, 0.15) is 5.71 Å². The molecule has 1 aliphatic rings. The van der Waals surface area contributed by atoms with Crippen LogP contribution in [0.2, 0.25) is 0 Å². The van der Waals surface area contributed by atoms with Gasteiger partial charge in [0.2, 0.25) is 0 Å². The first-order valence-corrected chi connectivity index (χ1v) is 10.7. The maximum Gasteiger partial charge on any atom is 0.281 e. The number of ether oxygens (including phenoxy) is 2. The lowest BCUT2D eigenvalue weighted by atomic mass is 10.00. The van der Waals surface area contributed by atoms with Crippen molar-refractivity contribution in [2.24, 2.45) is 5.10 Å². The summed E-state index contributed by atoms with van der Waals surface area (Å²) in [6.45, 7) is 2.41. The Bertz CT molecular complexity index is 1160. The zero-order chi connectivity index (χ0) is 21.8. The fraction of sp³-hybridized carbons (Fsp3) is 0.120. The number of methoxy groups -OCH3 is 1. The van der Waals surface area contributed by atoms with E-state index in [-0.39, 0.29) is 5.91 Å². The number of hydrogen-bond donors (Lipinski definition) is 0. The van der Waals surface area contributed by atoms with Crippen LogP contribution in [0, 0.1) is 0 Å². The highest BCUT2D eigenvalue weighted by Gasteiger charge is 2.32. The Morgan fingerprint density at radius 1 is 1.03 bits per heavy atom. The number of nitrogens with zero attached hydrogens (tertiary/aromatic N) is 2. The Labute approximate surface area is 189 Å². The molecule has 0 fully saturated rings. The Kier molecular flexibility index (Phi) is 6.18. The molecular formula is C25H21BrN2O3. The number of halogens is 1. The minimum atomic E-state index is -0.185. The summed E-state index contributed by atoms with van der Waals surface area (Å²) in [7, 11) is 1.60. The molecule has 0 aliphatic carbocycles. The standard InChI is InChI=1S/C25H21BrN2O3/c1-3-31-22-16-17(15-21(26)24(22)30-2)14-20-23(18-10-6-4-7-11-18)27-28(25(20)29)19-12-8-5-9-13-19/h4-16H,3H2,1-2H3/b20-14-. The molecule has 1 aliphatic heterocycles. The highest BCUT2D eigenvalue weighted by molar-refractivity contribution is 9.10. The molecule has 0 saturated carbocycles. The van der Waals surface area contributed by atoms with Gasteiger partial charge < -0.3 is 9.47 Å². The highest BCUT2D eigenvalue weighted by atomic mass is 79.9. The molecular weight excluding hydrogens is 456 g/mol. The number of carbonyl (C=O) groups excluding carboxylic acids is 1. The lowest BCUT2D eigenvalue weighted by Gasteiger charge is -2.13. The van der Waals surface area contributed by atoms with Crippen LogP contribution < -0.4 is 14.5 Å². The molecule has 0 N–H and O–H groups in total. The summed E-state index contributed by atoms with van der Waals surface area (Å²) in [6, 6.07) is 22.9. The smallest absolute Gasteiger partial charge is 0.281 e. The minimum absolute atomic E-state index is 0.185. The van der Waals surface area contributed by atoms with Crippen molar-refractivity contribution >= 4 is 39.3 Å². The number of anilines is 1. The zero-order valence-corrected chi connectivity index (χ0v) is 18.8. The Hall–Kier alpha value is -3.38. The van der Waals surface area contributed by atoms with Crippen LogP contribution in [0.25, 0.3) is 6.08 Å². The Morgan fingerprint density at radius 3 is 2.35 bits per heavy atom. The van der Waals surface area contributed by atoms with Gasteiger partial charge in [0, 0.05) is 5.56 Å². The van der Waals surface area contributed by atoms with Crippen molar-refractivity contribution in [2.45, 2.75) is 6.92 Å². The van der Waals surface area contributed by atoms with E-state index in [0.29, 0.717) is 29.4 Å². The van der Waals surface area contributed by atoms with Crippen LogP contribution in [0.15, 0.2) is 87.9 Å². The fourth-order valence-corrected chi connectivity index (χ4v) is 4.02. The first-order valence-electron chi connectivity index (χ1n) is 9.88. The first-order chi connectivity index (χ1) is 15.1. The lowest BCUT2D eigenvalue weighted by Crippen LogP contribution is -2.21. The summed E-state index contributed by atoms with van der Waals surface area (Å²) in [4.78, 5) is 13.4. The zero-order valence-electron chi connectivity index (χ0n) is 17.2. The first kappa shape index (κ1) is 20.9. The van der Waals surface area contributed by atoms with Gasteiger partial charge in [-0.15, -0.1) is 0 Å². The van der Waals surface area contributed by atoms with Crippen LogP contribution in [0.1, 0.15) is 18.1 Å². The molecule has 1 heterocycles. The van der Waals surface area contributed by atoms with Gasteiger partial charge >= 0.3 is 0 Å². The maximum atomic E-state index is 13.4. The van der Waals surface area contributed by atoms with E-state index in [9.17, 15) is 4.79 Å². The van der Waals surface area contributed by atoms with Crippen LogP contribution in [-0.2, 0) is 4.79 Å². The monoisotopic (exact) mass is 476 g/mol. The van der Waals surface area contributed by atoms with E-state index >= 15 is 0 Å². The molecule has 0 radical (unpaired) electrons. The Morgan fingerprint density at radius 2 is 1.71 bits per heavy atom.